The van der Waals surface area contributed by atoms with Gasteiger partial charge >= 0.3 is 0 Å². The van der Waals surface area contributed by atoms with Crippen LogP contribution in [0, 0.1) is 17.7 Å². The highest BCUT2D eigenvalue weighted by molar-refractivity contribution is 5.84. The first-order chi connectivity index (χ1) is 12.0. The van der Waals surface area contributed by atoms with E-state index in [9.17, 15) is 19.1 Å². The minimum absolute atomic E-state index is 0.0290. The highest BCUT2D eigenvalue weighted by atomic mass is 19.1. The minimum Gasteiger partial charge on any atom is -0.550 e. The molecule has 1 saturated heterocycles. The molecule has 2 fully saturated rings. The van der Waals surface area contributed by atoms with E-state index in [1.54, 1.807) is 17.0 Å². The van der Waals surface area contributed by atoms with Crippen molar-refractivity contribution in [1.29, 1.82) is 0 Å². The zero-order valence-corrected chi connectivity index (χ0v) is 14.4. The van der Waals surface area contributed by atoms with E-state index in [0.717, 1.165) is 38.0 Å². The van der Waals surface area contributed by atoms with Crippen LogP contribution >= 0.6 is 0 Å². The Morgan fingerprint density at radius 1 is 1.16 bits per heavy atom. The summed E-state index contributed by atoms with van der Waals surface area (Å²) in [4.78, 5) is 27.2. The van der Waals surface area contributed by atoms with E-state index in [1.165, 1.54) is 11.0 Å². The first kappa shape index (κ1) is 17.9. The lowest BCUT2D eigenvalue weighted by Crippen LogP contribution is -3.13. The van der Waals surface area contributed by atoms with E-state index in [2.05, 4.69) is 0 Å². The van der Waals surface area contributed by atoms with E-state index < -0.39 is 17.8 Å². The number of carboxylic acid groups (broad SMARTS) is 1. The van der Waals surface area contributed by atoms with Crippen LogP contribution in [0.5, 0.6) is 0 Å². The summed E-state index contributed by atoms with van der Waals surface area (Å²) in [5, 5.41) is 11.3. The van der Waals surface area contributed by atoms with Crippen molar-refractivity contribution in [2.75, 3.05) is 26.2 Å². The summed E-state index contributed by atoms with van der Waals surface area (Å²) in [5.41, 5.74) is 0.957. The predicted molar refractivity (Wildman–Crippen MR) is 87.8 cm³/mol. The Morgan fingerprint density at radius 3 is 2.48 bits per heavy atom. The molecule has 1 amide bonds. The number of piperazine rings is 1. The van der Waals surface area contributed by atoms with Crippen molar-refractivity contribution in [2.24, 2.45) is 11.8 Å². The third kappa shape index (κ3) is 4.37. The highest BCUT2D eigenvalue weighted by Gasteiger charge is 2.36. The highest BCUT2D eigenvalue weighted by Crippen LogP contribution is 2.31. The van der Waals surface area contributed by atoms with Gasteiger partial charge in [0, 0.05) is 23.4 Å². The van der Waals surface area contributed by atoms with E-state index >= 15 is 0 Å². The normalized spacial score (nSPS) is 24.9. The summed E-state index contributed by atoms with van der Waals surface area (Å²) >= 11 is 0. The number of carbonyl (C=O) groups excluding carboxylic acids is 2. The van der Waals surface area contributed by atoms with Crippen LogP contribution in [0.3, 0.4) is 0 Å². The second kappa shape index (κ2) is 7.95. The monoisotopic (exact) mass is 348 g/mol. The van der Waals surface area contributed by atoms with Crippen molar-refractivity contribution >= 4 is 11.9 Å². The fraction of sp³-hybridized carbons (Fsp3) is 0.579. The van der Waals surface area contributed by atoms with Crippen molar-refractivity contribution in [2.45, 2.75) is 32.2 Å². The molecule has 1 N–H and O–H groups in total. The van der Waals surface area contributed by atoms with Crippen LogP contribution in [0.1, 0.15) is 31.2 Å². The van der Waals surface area contributed by atoms with Gasteiger partial charge in [0.2, 0.25) is 5.91 Å². The molecule has 3 rings (SSSR count). The number of hydrogen-bond acceptors (Lipinski definition) is 3. The molecule has 136 valence electrons. The molecule has 1 aromatic rings. The summed E-state index contributed by atoms with van der Waals surface area (Å²) in [6, 6.07) is 6.62. The van der Waals surface area contributed by atoms with Crippen LogP contribution in [-0.4, -0.2) is 43.0 Å². The molecule has 5 nitrogen and oxygen atoms in total. The maximum absolute atomic E-state index is 13.3. The predicted octanol–water partition coefficient (Wildman–Crippen LogP) is -0.391. The Morgan fingerprint density at radius 2 is 1.84 bits per heavy atom. The van der Waals surface area contributed by atoms with Gasteiger partial charge in [0.25, 0.3) is 0 Å². The summed E-state index contributed by atoms with van der Waals surface area (Å²) in [6.07, 6.45) is 2.95. The van der Waals surface area contributed by atoms with Gasteiger partial charge in [-0.15, -0.1) is 0 Å². The maximum Gasteiger partial charge on any atom is 0.226 e. The largest absolute Gasteiger partial charge is 0.550 e. The molecule has 0 aromatic heterocycles. The third-order valence-electron chi connectivity index (χ3n) is 5.51. The molecule has 0 bridgehead atoms. The molecule has 1 aliphatic heterocycles. The van der Waals surface area contributed by atoms with E-state index in [0.29, 0.717) is 25.9 Å². The molecule has 1 heterocycles. The number of amides is 1. The van der Waals surface area contributed by atoms with Crippen LogP contribution in [0.4, 0.5) is 4.39 Å². The number of carboxylic acids is 1. The SMILES string of the molecule is O=C([O-])[C@@H]1CCCC[C@H]1C(=O)N1CC[NH+](Cc2cccc(F)c2)CC1. The number of hydrogen-bond donors (Lipinski definition) is 1. The van der Waals surface area contributed by atoms with Gasteiger partial charge in [0.1, 0.15) is 12.4 Å². The molecular formula is C19H25FN2O3. The second-order valence-electron chi connectivity index (χ2n) is 7.20. The number of nitrogens with one attached hydrogen (secondary N) is 1. The molecule has 2 aliphatic rings. The molecule has 1 aliphatic carbocycles. The van der Waals surface area contributed by atoms with Gasteiger partial charge in [-0.2, -0.15) is 0 Å². The number of nitrogens with zero attached hydrogens (tertiary/aromatic N) is 1. The van der Waals surface area contributed by atoms with Gasteiger partial charge in [0.05, 0.1) is 26.2 Å². The van der Waals surface area contributed by atoms with Crippen LogP contribution in [0.15, 0.2) is 24.3 Å². The fourth-order valence-electron chi connectivity index (χ4n) is 4.10. The van der Waals surface area contributed by atoms with Crippen LogP contribution in [-0.2, 0) is 16.1 Å². The average Bonchev–Trinajstić information content (AvgIpc) is 2.62. The number of halogens is 1. The van der Waals surface area contributed by atoms with E-state index in [1.807, 2.05) is 6.07 Å². The third-order valence-corrected chi connectivity index (χ3v) is 5.51. The van der Waals surface area contributed by atoms with E-state index in [4.69, 9.17) is 0 Å². The molecule has 0 spiro atoms. The van der Waals surface area contributed by atoms with Gasteiger partial charge in [-0.25, -0.2) is 4.39 Å². The minimum atomic E-state index is -1.09. The molecular weight excluding hydrogens is 323 g/mol. The van der Waals surface area contributed by atoms with Crippen LogP contribution in [0.2, 0.25) is 0 Å². The smallest absolute Gasteiger partial charge is 0.226 e. The Kier molecular flexibility index (Phi) is 5.68. The molecule has 2 atom stereocenters. The Labute approximate surface area is 147 Å². The standard InChI is InChI=1S/C19H25FN2O3/c20-15-5-3-4-14(12-15)13-21-8-10-22(11-9-21)18(23)16-6-1-2-7-17(16)19(24)25/h3-5,12,16-17H,1-2,6-11,13H2,(H,24,25)/t16-,17-/m1/s1. The van der Waals surface area contributed by atoms with Gasteiger partial charge < -0.3 is 19.7 Å². The lowest BCUT2D eigenvalue weighted by atomic mass is 9.78. The van der Waals surface area contributed by atoms with Crippen LogP contribution in [0.25, 0.3) is 0 Å². The first-order valence-electron chi connectivity index (χ1n) is 9.12. The Hall–Kier alpha value is -1.95. The van der Waals surface area contributed by atoms with Crippen molar-refractivity contribution in [3.63, 3.8) is 0 Å². The average molecular weight is 348 g/mol. The molecule has 0 radical (unpaired) electrons. The fourth-order valence-corrected chi connectivity index (χ4v) is 4.10. The zero-order chi connectivity index (χ0) is 17.8. The Bertz CT molecular complexity index is 629. The maximum atomic E-state index is 13.3. The van der Waals surface area contributed by atoms with Crippen LogP contribution < -0.4 is 10.0 Å². The zero-order valence-electron chi connectivity index (χ0n) is 14.4. The number of aliphatic carboxylic acids is 1. The van der Waals surface area contributed by atoms with Gasteiger partial charge in [-0.3, -0.25) is 4.79 Å². The van der Waals surface area contributed by atoms with E-state index in [-0.39, 0.29) is 11.7 Å². The molecule has 25 heavy (non-hydrogen) atoms. The first-order valence-corrected chi connectivity index (χ1v) is 9.12. The van der Waals surface area contributed by atoms with Gasteiger partial charge in [-0.1, -0.05) is 25.0 Å². The quantitative estimate of drug-likeness (QED) is 0.806. The van der Waals surface area contributed by atoms with Crippen molar-refractivity contribution in [3.05, 3.63) is 35.6 Å². The topological polar surface area (TPSA) is 64.9 Å². The number of benzene rings is 1. The lowest BCUT2D eigenvalue weighted by molar-refractivity contribution is -0.917. The number of carbonyl (C=O) groups is 2. The van der Waals surface area contributed by atoms with Gasteiger partial charge in [0.15, 0.2) is 0 Å². The molecule has 1 saturated carbocycles. The summed E-state index contributed by atoms with van der Waals surface area (Å²) in [7, 11) is 0. The van der Waals surface area contributed by atoms with Crippen molar-refractivity contribution in [3.8, 4) is 0 Å². The number of rotatable bonds is 4. The van der Waals surface area contributed by atoms with Crippen molar-refractivity contribution < 1.29 is 24.0 Å². The molecule has 0 unspecified atom stereocenters. The lowest BCUT2D eigenvalue weighted by Gasteiger charge is -2.38. The molecule has 1 aromatic carbocycles. The van der Waals surface area contributed by atoms with Gasteiger partial charge in [-0.05, 0) is 25.0 Å². The Balaban J connectivity index is 1.54. The second-order valence-corrected chi connectivity index (χ2v) is 7.20. The van der Waals surface area contributed by atoms with Crippen molar-refractivity contribution in [1.82, 2.24) is 4.90 Å². The molecule has 6 heteroatoms. The summed E-state index contributed by atoms with van der Waals surface area (Å²) in [5.74, 6) is -2.41. The number of quaternary nitrogens is 1. The summed E-state index contributed by atoms with van der Waals surface area (Å²) in [6.45, 7) is 3.58. The summed E-state index contributed by atoms with van der Waals surface area (Å²) < 4.78 is 13.3.